The van der Waals surface area contributed by atoms with Crippen LogP contribution in [-0.4, -0.2) is 59.8 Å². The van der Waals surface area contributed by atoms with Gasteiger partial charge in [0.1, 0.15) is 11.4 Å². The molecule has 0 bridgehead atoms. The number of nitrogens with zero attached hydrogens (tertiary/aromatic N) is 3. The van der Waals surface area contributed by atoms with E-state index in [0.717, 1.165) is 10.7 Å². The van der Waals surface area contributed by atoms with Crippen molar-refractivity contribution in [3.63, 3.8) is 0 Å². The smallest absolute Gasteiger partial charge is 0.408 e. The maximum absolute atomic E-state index is 14.5. The van der Waals surface area contributed by atoms with Crippen molar-refractivity contribution in [1.82, 2.24) is 34.9 Å². The van der Waals surface area contributed by atoms with Crippen LogP contribution in [0.4, 0.5) is 4.39 Å². The molecule has 210 valence electrons. The largest absolute Gasteiger partial charge is 0.417 e. The molecule has 1 atom stereocenters. The molecule has 6 aliphatic rings. The van der Waals surface area contributed by atoms with Gasteiger partial charge in [-0.25, -0.2) is 23.4 Å². The summed E-state index contributed by atoms with van der Waals surface area (Å²) >= 11 is 0. The summed E-state index contributed by atoms with van der Waals surface area (Å²) in [5.41, 5.74) is 1.36. The highest BCUT2D eigenvalue weighted by Gasteiger charge is 3.09. The van der Waals surface area contributed by atoms with Gasteiger partial charge in [0, 0.05) is 40.7 Å². The molecule has 6 saturated carbocycles. The topological polar surface area (TPSA) is 163 Å². The van der Waals surface area contributed by atoms with Gasteiger partial charge < -0.3 is 15.1 Å². The van der Waals surface area contributed by atoms with E-state index >= 15 is 0 Å². The Kier molecular flexibility index (Phi) is 4.07. The van der Waals surface area contributed by atoms with Gasteiger partial charge in [0.25, 0.3) is 11.8 Å². The number of H-pyrrole nitrogens is 1. The van der Waals surface area contributed by atoms with Crippen LogP contribution in [0, 0.1) is 46.7 Å². The number of aromatic amines is 1. The fraction of sp³-hybridized carbons (Fsp3) is 0.407. The van der Waals surface area contributed by atoms with Crippen LogP contribution in [0.5, 0.6) is 0 Å². The van der Waals surface area contributed by atoms with Crippen molar-refractivity contribution in [3.05, 3.63) is 63.8 Å². The molecule has 4 aromatic rings. The molecule has 0 saturated heterocycles. The molecule has 1 unspecified atom stereocenters. The Balaban J connectivity index is 0.920. The van der Waals surface area contributed by atoms with Crippen LogP contribution in [0.25, 0.3) is 16.7 Å². The molecule has 3 aromatic heterocycles. The second-order valence-corrected chi connectivity index (χ2v) is 14.5. The zero-order chi connectivity index (χ0) is 28.2. The number of carbonyl (C=O) groups is 2. The van der Waals surface area contributed by atoms with Gasteiger partial charge in [0.15, 0.2) is 17.0 Å². The second kappa shape index (κ2) is 7.05. The van der Waals surface area contributed by atoms with Gasteiger partial charge in [-0.2, -0.15) is 5.10 Å². The standard InChI is InChI=1S/C27H24FN7O5S/c1-41(2,39)34-27-19-16-20(27)18-21(27)17(19)26(16,18)9-30-24(37)14-6-13(32-22-11(28)8-31-35(14)22)23(36)29-7-10-3-4-15-12(5-10)33-25(38)40-15/h3-6,8,16-21H,1,7,9H2,2H3,(H,29,36)(H,30,37)(H,33,38)(H,34,39). The molecule has 0 spiro atoms. The first-order valence-electron chi connectivity index (χ1n) is 13.4. The van der Waals surface area contributed by atoms with Gasteiger partial charge in [0.05, 0.1) is 11.7 Å². The van der Waals surface area contributed by atoms with Crippen LogP contribution >= 0.6 is 0 Å². The third kappa shape index (κ3) is 2.57. The highest BCUT2D eigenvalue weighted by Crippen LogP contribution is 3.06. The third-order valence-corrected chi connectivity index (χ3v) is 11.4. The summed E-state index contributed by atoms with van der Waals surface area (Å²) in [6.45, 7) is 0.608. The number of hydrogen-bond donors (Lipinski definition) is 4. The molecule has 3 heterocycles. The quantitative estimate of drug-likeness (QED) is 0.219. The molecule has 41 heavy (non-hydrogen) atoms. The first kappa shape index (κ1) is 23.6. The van der Waals surface area contributed by atoms with Crippen molar-refractivity contribution >= 4 is 44.1 Å². The average Bonchev–Trinajstić information content (AvgIpc) is 3.50. The lowest BCUT2D eigenvalue weighted by atomic mass is 8.94. The number of carbonyl (C=O) groups excluding carboxylic acids is 2. The van der Waals surface area contributed by atoms with Gasteiger partial charge in [-0.1, -0.05) is 6.07 Å². The SMILES string of the molecule is C=S(C)(=O)NC12C3C4C1C1C2C3C41CNC(=O)c1cc(C(=O)NCc2ccc3oc(=O)[nH]c3c2)nc2c(F)cnn12. The zero-order valence-corrected chi connectivity index (χ0v) is 22.5. The number of halogens is 1. The molecule has 1 aromatic carbocycles. The first-order valence-corrected chi connectivity index (χ1v) is 15.5. The van der Waals surface area contributed by atoms with E-state index in [0.29, 0.717) is 58.7 Å². The number of benzene rings is 1. The van der Waals surface area contributed by atoms with E-state index in [9.17, 15) is 23.0 Å². The van der Waals surface area contributed by atoms with E-state index in [-0.39, 0.29) is 34.5 Å². The molecular formula is C27H24FN7O5S. The van der Waals surface area contributed by atoms with Crippen LogP contribution < -0.4 is 21.1 Å². The van der Waals surface area contributed by atoms with Crippen molar-refractivity contribution in [3.8, 4) is 0 Å². The second-order valence-electron chi connectivity index (χ2n) is 12.3. The summed E-state index contributed by atoms with van der Waals surface area (Å²) in [6, 6.07) is 6.30. The predicted octanol–water partition coefficient (Wildman–Crippen LogP) is 0.304. The van der Waals surface area contributed by atoms with Gasteiger partial charge in [-0.3, -0.25) is 18.8 Å². The molecule has 2 amide bonds. The van der Waals surface area contributed by atoms with Crippen molar-refractivity contribution in [2.24, 2.45) is 40.9 Å². The van der Waals surface area contributed by atoms with Crippen LogP contribution in [0.1, 0.15) is 26.5 Å². The van der Waals surface area contributed by atoms with Gasteiger partial charge >= 0.3 is 5.76 Å². The van der Waals surface area contributed by atoms with Gasteiger partial charge in [-0.15, -0.1) is 0 Å². The Hall–Kier alpha value is -4.04. The summed E-state index contributed by atoms with van der Waals surface area (Å²) in [7, 11) is -2.27. The number of nitrogens with one attached hydrogen (secondary N) is 4. The predicted molar refractivity (Wildman–Crippen MR) is 144 cm³/mol. The Bertz CT molecular complexity index is 2010. The minimum absolute atomic E-state index is 0.00691. The number of oxazole rings is 1. The van der Waals surface area contributed by atoms with E-state index in [1.54, 1.807) is 24.5 Å². The minimum atomic E-state index is -2.27. The van der Waals surface area contributed by atoms with Gasteiger partial charge in [-0.05, 0) is 64.5 Å². The van der Waals surface area contributed by atoms with E-state index in [4.69, 9.17) is 4.42 Å². The normalized spacial score (nSPS) is 35.8. The number of fused-ring (bicyclic) bond motifs is 2. The minimum Gasteiger partial charge on any atom is -0.408 e. The lowest BCUT2D eigenvalue weighted by Gasteiger charge is -3.11. The maximum Gasteiger partial charge on any atom is 0.417 e. The number of hydrogen-bond acceptors (Lipinski definition) is 7. The molecule has 6 fully saturated rings. The Morgan fingerprint density at radius 1 is 1.15 bits per heavy atom. The summed E-state index contributed by atoms with van der Waals surface area (Å²) in [5.74, 6) is 4.52. The maximum atomic E-state index is 14.5. The summed E-state index contributed by atoms with van der Waals surface area (Å²) in [5, 5.41) is 9.72. The molecule has 4 N–H and O–H groups in total. The van der Waals surface area contributed by atoms with E-state index in [1.165, 1.54) is 6.07 Å². The Labute approximate surface area is 231 Å². The van der Waals surface area contributed by atoms with Gasteiger partial charge in [0.2, 0.25) is 0 Å². The molecule has 6 aliphatic carbocycles. The molecule has 0 aliphatic heterocycles. The van der Waals surface area contributed by atoms with E-state index in [2.05, 4.69) is 36.3 Å². The fourth-order valence-corrected chi connectivity index (χ4v) is 10.8. The number of rotatable bonds is 8. The molecule has 10 rings (SSSR count). The number of aromatic nitrogens is 4. The lowest BCUT2D eigenvalue weighted by molar-refractivity contribution is -0.621. The van der Waals surface area contributed by atoms with Crippen molar-refractivity contribution in [2.45, 2.75) is 12.1 Å². The van der Waals surface area contributed by atoms with E-state index < -0.39 is 33.1 Å². The monoisotopic (exact) mass is 577 g/mol. The van der Waals surface area contributed by atoms with Crippen LogP contribution in [0.15, 0.2) is 39.7 Å². The Morgan fingerprint density at radius 3 is 2.59 bits per heavy atom. The van der Waals surface area contributed by atoms with Crippen molar-refractivity contribution < 1.29 is 22.6 Å². The van der Waals surface area contributed by atoms with Crippen molar-refractivity contribution in [2.75, 3.05) is 12.8 Å². The van der Waals surface area contributed by atoms with E-state index in [1.807, 2.05) is 0 Å². The summed E-state index contributed by atoms with van der Waals surface area (Å²) < 4.78 is 36.3. The average molecular weight is 578 g/mol. The number of amides is 2. The highest BCUT2D eigenvalue weighted by molar-refractivity contribution is 7.97. The summed E-state index contributed by atoms with van der Waals surface area (Å²) in [4.78, 5) is 44.5. The molecule has 12 nitrogen and oxygen atoms in total. The summed E-state index contributed by atoms with van der Waals surface area (Å²) in [6.07, 6.45) is 2.61. The lowest BCUT2D eigenvalue weighted by Crippen LogP contribution is -3.15. The molecule has 0 radical (unpaired) electrons. The fourth-order valence-electron chi connectivity index (χ4n) is 9.60. The third-order valence-electron chi connectivity index (χ3n) is 10.6. The van der Waals surface area contributed by atoms with Crippen LogP contribution in [0.2, 0.25) is 0 Å². The molecular weight excluding hydrogens is 553 g/mol. The molecule has 14 heteroatoms. The van der Waals surface area contributed by atoms with Crippen LogP contribution in [-0.2, 0) is 16.3 Å². The zero-order valence-electron chi connectivity index (χ0n) is 21.6. The highest BCUT2D eigenvalue weighted by atomic mass is 32.2. The van der Waals surface area contributed by atoms with Crippen molar-refractivity contribution in [1.29, 1.82) is 0 Å². The Morgan fingerprint density at radius 2 is 1.88 bits per heavy atom. The first-order chi connectivity index (χ1) is 19.5. The van der Waals surface area contributed by atoms with Crippen LogP contribution in [0.3, 0.4) is 0 Å².